The smallest absolute Gasteiger partial charge is 0.0950 e. The van der Waals surface area contributed by atoms with E-state index in [4.69, 9.17) is 5.73 Å². The van der Waals surface area contributed by atoms with E-state index in [0.717, 1.165) is 22.0 Å². The fourth-order valence-corrected chi connectivity index (χ4v) is 2.75. The Balaban J connectivity index is 2.09. The van der Waals surface area contributed by atoms with Crippen molar-refractivity contribution in [1.29, 1.82) is 0 Å². The lowest BCUT2D eigenvalue weighted by molar-refractivity contribution is 0.728. The quantitative estimate of drug-likeness (QED) is 0.889. The zero-order chi connectivity index (χ0) is 10.8. The highest BCUT2D eigenvalue weighted by molar-refractivity contribution is 7.11. The molecule has 1 unspecified atom stereocenters. The Morgan fingerprint density at radius 2 is 2.27 bits per heavy atom. The van der Waals surface area contributed by atoms with Gasteiger partial charge in [-0.1, -0.05) is 4.49 Å². The summed E-state index contributed by atoms with van der Waals surface area (Å²) in [5.74, 6) is 0. The molecule has 4 nitrogen and oxygen atoms in total. The van der Waals surface area contributed by atoms with Gasteiger partial charge >= 0.3 is 0 Å². The Kier molecular flexibility index (Phi) is 3.08. The maximum Gasteiger partial charge on any atom is 0.0950 e. The van der Waals surface area contributed by atoms with Crippen LogP contribution in [0.4, 0.5) is 0 Å². The van der Waals surface area contributed by atoms with E-state index < -0.39 is 0 Å². The van der Waals surface area contributed by atoms with Crippen LogP contribution in [0.5, 0.6) is 0 Å². The minimum atomic E-state index is -0.0325. The fourth-order valence-electron chi connectivity index (χ4n) is 1.25. The van der Waals surface area contributed by atoms with Crippen molar-refractivity contribution in [3.05, 3.63) is 26.7 Å². The van der Waals surface area contributed by atoms with E-state index in [2.05, 4.69) is 21.5 Å². The number of nitrogens with two attached hydrogens (primary N) is 1. The first kappa shape index (κ1) is 10.7. The molecule has 1 atom stereocenters. The third kappa shape index (κ3) is 2.39. The molecule has 2 heterocycles. The van der Waals surface area contributed by atoms with Gasteiger partial charge in [0, 0.05) is 17.3 Å². The highest BCUT2D eigenvalue weighted by Gasteiger charge is 2.12. The molecule has 0 aliphatic heterocycles. The summed E-state index contributed by atoms with van der Waals surface area (Å²) < 4.78 is 3.80. The zero-order valence-corrected chi connectivity index (χ0v) is 10.2. The predicted octanol–water partition coefficient (Wildman–Crippen LogP) is 1.85. The summed E-state index contributed by atoms with van der Waals surface area (Å²) >= 11 is 3.06. The molecule has 0 aromatic carbocycles. The molecule has 0 saturated heterocycles. The first-order chi connectivity index (χ1) is 7.16. The van der Waals surface area contributed by atoms with Crippen molar-refractivity contribution in [2.75, 3.05) is 0 Å². The molecule has 80 valence electrons. The van der Waals surface area contributed by atoms with Gasteiger partial charge in [0.15, 0.2) is 0 Å². The van der Waals surface area contributed by atoms with E-state index in [-0.39, 0.29) is 6.04 Å². The topological polar surface area (TPSA) is 64.7 Å². The van der Waals surface area contributed by atoms with Gasteiger partial charge in [0.05, 0.1) is 21.8 Å². The Morgan fingerprint density at radius 1 is 1.47 bits per heavy atom. The van der Waals surface area contributed by atoms with E-state index in [0.29, 0.717) is 0 Å². The maximum atomic E-state index is 6.03. The van der Waals surface area contributed by atoms with E-state index in [1.807, 2.05) is 6.92 Å². The summed E-state index contributed by atoms with van der Waals surface area (Å²) in [6.45, 7) is 4.10. The lowest BCUT2D eigenvalue weighted by Gasteiger charge is -2.04. The van der Waals surface area contributed by atoms with Crippen molar-refractivity contribution in [3.63, 3.8) is 0 Å². The van der Waals surface area contributed by atoms with Gasteiger partial charge in [-0.25, -0.2) is 4.98 Å². The van der Waals surface area contributed by atoms with E-state index >= 15 is 0 Å². The molecule has 0 aliphatic carbocycles. The van der Waals surface area contributed by atoms with Crippen LogP contribution in [-0.4, -0.2) is 14.6 Å². The summed E-state index contributed by atoms with van der Waals surface area (Å²) in [7, 11) is 0. The fraction of sp³-hybridized carbons (Fsp3) is 0.444. The number of rotatable bonds is 3. The molecule has 2 rings (SSSR count). The maximum absolute atomic E-state index is 6.03. The summed E-state index contributed by atoms with van der Waals surface area (Å²) in [5, 5.41) is 4.87. The molecule has 2 aromatic heterocycles. The van der Waals surface area contributed by atoms with Crippen LogP contribution >= 0.6 is 22.9 Å². The highest BCUT2D eigenvalue weighted by Crippen LogP contribution is 2.22. The van der Waals surface area contributed by atoms with Crippen molar-refractivity contribution >= 4 is 22.9 Å². The number of hydrogen-bond acceptors (Lipinski definition) is 6. The molecule has 2 aromatic rings. The van der Waals surface area contributed by atoms with Gasteiger partial charge in [0.1, 0.15) is 0 Å². The van der Waals surface area contributed by atoms with E-state index in [9.17, 15) is 0 Å². The number of thiazole rings is 1. The standard InChI is InChI=1S/C9H12N4S2/c1-5-6(2)14-9(12-5)3-7(10)8-4-11-13-15-8/h4,7H,3,10H2,1-2H3. The van der Waals surface area contributed by atoms with Crippen molar-refractivity contribution < 1.29 is 0 Å². The van der Waals surface area contributed by atoms with Crippen LogP contribution < -0.4 is 5.73 Å². The van der Waals surface area contributed by atoms with Gasteiger partial charge in [-0.2, -0.15) is 0 Å². The van der Waals surface area contributed by atoms with Gasteiger partial charge in [0.25, 0.3) is 0 Å². The minimum Gasteiger partial charge on any atom is -0.323 e. The average molecular weight is 240 g/mol. The second-order valence-electron chi connectivity index (χ2n) is 3.38. The molecule has 0 aliphatic rings. The normalized spacial score (nSPS) is 13.0. The molecule has 0 spiro atoms. The van der Waals surface area contributed by atoms with Gasteiger partial charge in [-0.15, -0.1) is 16.4 Å². The Morgan fingerprint density at radius 3 is 2.80 bits per heavy atom. The lowest BCUT2D eigenvalue weighted by atomic mass is 10.2. The molecule has 0 fully saturated rings. The second-order valence-corrected chi connectivity index (χ2v) is 5.48. The van der Waals surface area contributed by atoms with Gasteiger partial charge in [0.2, 0.25) is 0 Å². The lowest BCUT2D eigenvalue weighted by Crippen LogP contribution is -2.11. The van der Waals surface area contributed by atoms with Gasteiger partial charge in [-0.3, -0.25) is 0 Å². The molecule has 15 heavy (non-hydrogen) atoms. The van der Waals surface area contributed by atoms with Gasteiger partial charge in [-0.05, 0) is 25.4 Å². The SMILES string of the molecule is Cc1nc(CC(N)c2cnns2)sc1C. The van der Waals surface area contributed by atoms with Crippen molar-refractivity contribution in [2.24, 2.45) is 5.73 Å². The summed E-state index contributed by atoms with van der Waals surface area (Å²) in [4.78, 5) is 6.74. The molecule has 2 N–H and O–H groups in total. The van der Waals surface area contributed by atoms with Crippen LogP contribution in [0.15, 0.2) is 6.20 Å². The number of aromatic nitrogens is 3. The van der Waals surface area contributed by atoms with E-state index in [1.54, 1.807) is 17.5 Å². The molecule has 0 amide bonds. The van der Waals surface area contributed by atoms with Gasteiger partial charge < -0.3 is 5.73 Å². The number of nitrogens with zero attached hydrogens (tertiary/aromatic N) is 3. The minimum absolute atomic E-state index is 0.0325. The Hall–Kier alpha value is -0.850. The molecular formula is C9H12N4S2. The van der Waals surface area contributed by atoms with Crippen LogP contribution in [0.3, 0.4) is 0 Å². The average Bonchev–Trinajstić information content (AvgIpc) is 2.77. The van der Waals surface area contributed by atoms with Crippen LogP contribution in [0.2, 0.25) is 0 Å². The number of aryl methyl sites for hydroxylation is 2. The zero-order valence-electron chi connectivity index (χ0n) is 8.60. The second kappa shape index (κ2) is 4.34. The predicted molar refractivity (Wildman–Crippen MR) is 62.1 cm³/mol. The van der Waals surface area contributed by atoms with Crippen LogP contribution in [0.1, 0.15) is 26.5 Å². The summed E-state index contributed by atoms with van der Waals surface area (Å²) in [6.07, 6.45) is 2.49. The summed E-state index contributed by atoms with van der Waals surface area (Å²) in [5.41, 5.74) is 7.13. The Labute approximate surface area is 96.3 Å². The first-order valence-electron chi connectivity index (χ1n) is 4.62. The molecule has 0 saturated carbocycles. The van der Waals surface area contributed by atoms with Crippen molar-refractivity contribution in [2.45, 2.75) is 26.3 Å². The third-order valence-electron chi connectivity index (χ3n) is 2.21. The molecule has 0 bridgehead atoms. The first-order valence-corrected chi connectivity index (χ1v) is 6.21. The van der Waals surface area contributed by atoms with Crippen LogP contribution in [-0.2, 0) is 6.42 Å². The molecule has 6 heteroatoms. The van der Waals surface area contributed by atoms with E-state index in [1.165, 1.54) is 16.4 Å². The highest BCUT2D eigenvalue weighted by atomic mass is 32.1. The molecular weight excluding hydrogens is 228 g/mol. The van der Waals surface area contributed by atoms with Crippen molar-refractivity contribution in [1.82, 2.24) is 14.6 Å². The van der Waals surface area contributed by atoms with Crippen molar-refractivity contribution in [3.8, 4) is 0 Å². The van der Waals surface area contributed by atoms with Crippen LogP contribution in [0.25, 0.3) is 0 Å². The third-order valence-corrected chi connectivity index (χ3v) is 4.10. The van der Waals surface area contributed by atoms with Crippen LogP contribution in [0, 0.1) is 13.8 Å². The number of hydrogen-bond donors (Lipinski definition) is 1. The largest absolute Gasteiger partial charge is 0.323 e. The summed E-state index contributed by atoms with van der Waals surface area (Å²) in [6, 6.07) is -0.0325. The monoisotopic (exact) mass is 240 g/mol. The molecule has 0 radical (unpaired) electrons. The Bertz CT molecular complexity index is 415.